The Morgan fingerprint density at radius 1 is 1.44 bits per heavy atom. The summed E-state index contributed by atoms with van der Waals surface area (Å²) in [7, 11) is 0. The summed E-state index contributed by atoms with van der Waals surface area (Å²) in [5.41, 5.74) is 3.33. The summed E-state index contributed by atoms with van der Waals surface area (Å²) < 4.78 is 5.01. The minimum atomic E-state index is -0.335. The van der Waals surface area contributed by atoms with Gasteiger partial charge in [-0.25, -0.2) is 20.6 Å². The highest BCUT2D eigenvalue weighted by Gasteiger charge is 2.20. The molecule has 2 rings (SSSR count). The number of nitrogens with zero attached hydrogens (tertiary/aromatic N) is 2. The van der Waals surface area contributed by atoms with E-state index in [1.54, 1.807) is 13.8 Å². The third kappa shape index (κ3) is 2.02. The van der Waals surface area contributed by atoms with Crippen molar-refractivity contribution in [1.29, 1.82) is 0 Å². The number of nitrogens with two attached hydrogens (primary N) is 1. The molecular formula is C11H14N4O2S. The highest BCUT2D eigenvalue weighted by Crippen LogP contribution is 2.33. The van der Waals surface area contributed by atoms with Crippen molar-refractivity contribution in [2.24, 2.45) is 5.84 Å². The minimum Gasteiger partial charge on any atom is -0.462 e. The van der Waals surface area contributed by atoms with Crippen molar-refractivity contribution >= 4 is 33.3 Å². The molecule has 2 aromatic rings. The number of nitrogen functional groups attached to an aromatic ring is 1. The normalized spacial score (nSPS) is 10.7. The lowest BCUT2D eigenvalue weighted by Gasteiger charge is -2.03. The zero-order valence-corrected chi connectivity index (χ0v) is 11.2. The molecule has 0 fully saturated rings. The van der Waals surface area contributed by atoms with Crippen LogP contribution >= 0.6 is 11.3 Å². The molecule has 0 spiro atoms. The van der Waals surface area contributed by atoms with Gasteiger partial charge in [0.25, 0.3) is 0 Å². The number of nitrogens with one attached hydrogen (secondary N) is 1. The fraction of sp³-hybridized carbons (Fsp3) is 0.364. The van der Waals surface area contributed by atoms with E-state index >= 15 is 0 Å². The number of aromatic nitrogens is 2. The van der Waals surface area contributed by atoms with Gasteiger partial charge in [-0.15, -0.1) is 11.3 Å². The Morgan fingerprint density at radius 3 is 2.78 bits per heavy atom. The molecule has 0 saturated heterocycles. The van der Waals surface area contributed by atoms with E-state index in [-0.39, 0.29) is 5.97 Å². The minimum absolute atomic E-state index is 0.335. The van der Waals surface area contributed by atoms with E-state index in [1.165, 1.54) is 11.3 Å². The summed E-state index contributed by atoms with van der Waals surface area (Å²) in [5.74, 6) is 6.24. The maximum absolute atomic E-state index is 11.8. The first-order valence-corrected chi connectivity index (χ1v) is 6.31. The SMILES string of the molecule is CCOC(=O)c1sc2nc(C)nc(NN)c2c1C. The molecule has 6 nitrogen and oxygen atoms in total. The molecule has 0 bridgehead atoms. The van der Waals surface area contributed by atoms with E-state index in [2.05, 4.69) is 15.4 Å². The molecular weight excluding hydrogens is 252 g/mol. The van der Waals surface area contributed by atoms with Crippen LogP contribution in [0.25, 0.3) is 10.2 Å². The van der Waals surface area contributed by atoms with Crippen molar-refractivity contribution in [2.45, 2.75) is 20.8 Å². The van der Waals surface area contributed by atoms with Crippen molar-refractivity contribution in [2.75, 3.05) is 12.0 Å². The molecule has 3 N–H and O–H groups in total. The van der Waals surface area contributed by atoms with E-state index in [4.69, 9.17) is 10.6 Å². The highest BCUT2D eigenvalue weighted by molar-refractivity contribution is 7.20. The van der Waals surface area contributed by atoms with Gasteiger partial charge in [0.2, 0.25) is 0 Å². The summed E-state index contributed by atoms with van der Waals surface area (Å²) >= 11 is 1.29. The lowest BCUT2D eigenvalue weighted by Crippen LogP contribution is -2.10. The first-order valence-electron chi connectivity index (χ1n) is 5.50. The number of aryl methyl sites for hydroxylation is 2. The largest absolute Gasteiger partial charge is 0.462 e. The lowest BCUT2D eigenvalue weighted by atomic mass is 10.2. The van der Waals surface area contributed by atoms with E-state index in [0.717, 1.165) is 15.8 Å². The third-order valence-electron chi connectivity index (χ3n) is 2.50. The van der Waals surface area contributed by atoms with Crippen molar-refractivity contribution in [3.63, 3.8) is 0 Å². The van der Waals surface area contributed by atoms with Crippen LogP contribution < -0.4 is 11.3 Å². The van der Waals surface area contributed by atoms with Crippen LogP contribution in [0, 0.1) is 13.8 Å². The number of carbonyl (C=O) groups is 1. The smallest absolute Gasteiger partial charge is 0.348 e. The van der Waals surface area contributed by atoms with Crippen molar-refractivity contribution in [3.05, 3.63) is 16.3 Å². The lowest BCUT2D eigenvalue weighted by molar-refractivity contribution is 0.0531. The van der Waals surface area contributed by atoms with Gasteiger partial charge >= 0.3 is 5.97 Å². The number of esters is 1. The summed E-state index contributed by atoms with van der Waals surface area (Å²) in [6.45, 7) is 5.74. The van der Waals surface area contributed by atoms with E-state index < -0.39 is 0 Å². The average molecular weight is 266 g/mol. The van der Waals surface area contributed by atoms with Gasteiger partial charge in [-0.2, -0.15) is 0 Å². The number of rotatable bonds is 3. The van der Waals surface area contributed by atoms with Crippen molar-refractivity contribution < 1.29 is 9.53 Å². The first kappa shape index (κ1) is 12.7. The van der Waals surface area contributed by atoms with E-state index in [0.29, 0.717) is 23.1 Å². The zero-order chi connectivity index (χ0) is 13.3. The van der Waals surface area contributed by atoms with Gasteiger partial charge in [-0.3, -0.25) is 0 Å². The molecule has 0 aliphatic heterocycles. The molecule has 0 aliphatic carbocycles. The second kappa shape index (κ2) is 4.87. The quantitative estimate of drug-likeness (QED) is 0.500. The maximum Gasteiger partial charge on any atom is 0.348 e. The Balaban J connectivity index is 2.66. The third-order valence-corrected chi connectivity index (χ3v) is 3.67. The summed E-state index contributed by atoms with van der Waals surface area (Å²) in [4.78, 5) is 21.6. The van der Waals surface area contributed by atoms with Crippen molar-refractivity contribution in [1.82, 2.24) is 9.97 Å². The fourth-order valence-electron chi connectivity index (χ4n) is 1.74. The molecule has 0 aromatic carbocycles. The maximum atomic E-state index is 11.8. The number of thiophene rings is 1. The van der Waals surface area contributed by atoms with Gasteiger partial charge < -0.3 is 10.2 Å². The van der Waals surface area contributed by atoms with Crippen LogP contribution in [0.5, 0.6) is 0 Å². The standard InChI is InChI=1S/C11H14N4O2S/c1-4-17-11(16)8-5(2)7-9(15-12)13-6(3)14-10(7)18-8/h4,12H2,1-3H3,(H,13,14,15). The molecule has 0 unspecified atom stereocenters. The first-order chi connectivity index (χ1) is 8.58. The number of hydrogen-bond acceptors (Lipinski definition) is 7. The Morgan fingerprint density at radius 2 is 2.17 bits per heavy atom. The van der Waals surface area contributed by atoms with E-state index in [9.17, 15) is 4.79 Å². The fourth-order valence-corrected chi connectivity index (χ4v) is 2.86. The van der Waals surface area contributed by atoms with Crippen LogP contribution in [0.15, 0.2) is 0 Å². The van der Waals surface area contributed by atoms with Crippen LogP contribution in [0.1, 0.15) is 28.0 Å². The van der Waals surface area contributed by atoms with Gasteiger partial charge in [0, 0.05) is 0 Å². The molecule has 2 aromatic heterocycles. The molecule has 2 heterocycles. The Bertz CT molecular complexity index is 609. The van der Waals surface area contributed by atoms with Crippen molar-refractivity contribution in [3.8, 4) is 0 Å². The molecule has 0 amide bonds. The van der Waals surface area contributed by atoms with Gasteiger partial charge in [-0.1, -0.05) is 0 Å². The van der Waals surface area contributed by atoms with Crippen LogP contribution in [0.2, 0.25) is 0 Å². The summed E-state index contributed by atoms with van der Waals surface area (Å²) in [5, 5.41) is 0.774. The average Bonchev–Trinajstić information content (AvgIpc) is 2.66. The Kier molecular flexibility index (Phi) is 3.44. The molecule has 96 valence electrons. The number of anilines is 1. The highest BCUT2D eigenvalue weighted by atomic mass is 32.1. The number of ether oxygens (including phenoxy) is 1. The van der Waals surface area contributed by atoms with E-state index in [1.807, 2.05) is 6.92 Å². The van der Waals surface area contributed by atoms with Gasteiger partial charge in [0.15, 0.2) is 5.82 Å². The molecule has 0 saturated carbocycles. The van der Waals surface area contributed by atoms with Crippen LogP contribution in [-0.4, -0.2) is 22.5 Å². The second-order valence-corrected chi connectivity index (χ2v) is 4.72. The molecule has 18 heavy (non-hydrogen) atoms. The predicted octanol–water partition coefficient (Wildman–Crippen LogP) is 1.77. The number of hydrazine groups is 1. The summed E-state index contributed by atoms with van der Waals surface area (Å²) in [6, 6.07) is 0. The predicted molar refractivity (Wildman–Crippen MR) is 70.7 cm³/mol. The Labute approximate surface area is 108 Å². The molecule has 0 aliphatic rings. The monoisotopic (exact) mass is 266 g/mol. The summed E-state index contributed by atoms with van der Waals surface area (Å²) in [6.07, 6.45) is 0. The molecule has 0 atom stereocenters. The number of fused-ring (bicyclic) bond motifs is 1. The van der Waals surface area contributed by atoms with Gasteiger partial charge in [0.05, 0.1) is 12.0 Å². The number of carbonyl (C=O) groups excluding carboxylic acids is 1. The van der Waals surface area contributed by atoms with Gasteiger partial charge in [0.1, 0.15) is 15.5 Å². The zero-order valence-electron chi connectivity index (χ0n) is 10.4. The van der Waals surface area contributed by atoms with Gasteiger partial charge in [-0.05, 0) is 26.3 Å². The van der Waals surface area contributed by atoms with Crippen LogP contribution in [0.4, 0.5) is 5.82 Å². The van der Waals surface area contributed by atoms with Crippen LogP contribution in [-0.2, 0) is 4.74 Å². The Hall–Kier alpha value is -1.73. The number of hydrogen-bond donors (Lipinski definition) is 2. The topological polar surface area (TPSA) is 90.1 Å². The van der Waals surface area contributed by atoms with Crippen LogP contribution in [0.3, 0.4) is 0 Å². The molecule has 7 heteroatoms. The second-order valence-electron chi connectivity index (χ2n) is 3.72. The molecule has 0 radical (unpaired) electrons.